The molecule has 0 N–H and O–H groups in total. The van der Waals surface area contributed by atoms with Crippen LogP contribution in [0.25, 0.3) is 0 Å². The number of non-ortho nitro benzene ring substituents is 1. The fraction of sp³-hybridized carbons (Fsp3) is 0.333. The Bertz CT molecular complexity index is 544. The molecule has 8 heteroatoms. The Kier molecular flexibility index (Phi) is 4.07. The Hall–Kier alpha value is -1.18. The van der Waals surface area contributed by atoms with E-state index in [0.717, 1.165) is 10.6 Å². The normalized spacial score (nSPS) is 11.8. The van der Waals surface area contributed by atoms with Crippen LogP contribution >= 0.6 is 11.6 Å². The minimum atomic E-state index is -3.35. The maximum absolute atomic E-state index is 11.2. The second-order valence-electron chi connectivity index (χ2n) is 3.55. The maximum Gasteiger partial charge on any atom is 0.269 e. The van der Waals surface area contributed by atoms with Crippen molar-refractivity contribution in [1.82, 2.24) is 4.31 Å². The molecule has 0 unspecified atom stereocenters. The molecule has 1 rings (SSSR count). The molecule has 17 heavy (non-hydrogen) atoms. The highest BCUT2D eigenvalue weighted by atomic mass is 35.5. The first-order valence-electron chi connectivity index (χ1n) is 4.56. The van der Waals surface area contributed by atoms with Gasteiger partial charge in [-0.1, -0.05) is 11.6 Å². The van der Waals surface area contributed by atoms with Crippen molar-refractivity contribution >= 4 is 27.3 Å². The molecule has 0 aliphatic rings. The van der Waals surface area contributed by atoms with Crippen molar-refractivity contribution in [3.63, 3.8) is 0 Å². The number of nitro benzene ring substituents is 1. The highest BCUT2D eigenvalue weighted by molar-refractivity contribution is 7.88. The lowest BCUT2D eigenvalue weighted by molar-refractivity contribution is -0.384. The predicted octanol–water partition coefficient (Wildman–Crippen LogP) is 1.64. The molecular weight excluding hydrogens is 268 g/mol. The van der Waals surface area contributed by atoms with Gasteiger partial charge in [0.1, 0.15) is 0 Å². The molecule has 0 heterocycles. The minimum Gasteiger partial charge on any atom is -0.258 e. The average Bonchev–Trinajstić information content (AvgIpc) is 2.19. The van der Waals surface area contributed by atoms with Gasteiger partial charge in [0.25, 0.3) is 5.69 Å². The van der Waals surface area contributed by atoms with E-state index in [9.17, 15) is 18.5 Å². The summed E-state index contributed by atoms with van der Waals surface area (Å²) in [5, 5.41) is 10.9. The Labute approximate surface area is 104 Å². The van der Waals surface area contributed by atoms with E-state index >= 15 is 0 Å². The second kappa shape index (κ2) is 4.99. The Morgan fingerprint density at radius 3 is 2.53 bits per heavy atom. The van der Waals surface area contributed by atoms with Crippen LogP contribution in [0.1, 0.15) is 5.56 Å². The third-order valence-electron chi connectivity index (χ3n) is 2.20. The molecule has 0 atom stereocenters. The summed E-state index contributed by atoms with van der Waals surface area (Å²) in [6.07, 6.45) is 1.05. The van der Waals surface area contributed by atoms with Crippen molar-refractivity contribution in [2.45, 2.75) is 6.54 Å². The summed E-state index contributed by atoms with van der Waals surface area (Å²) in [5.41, 5.74) is 0.278. The van der Waals surface area contributed by atoms with Gasteiger partial charge in [0.2, 0.25) is 10.0 Å². The molecule has 0 spiro atoms. The van der Waals surface area contributed by atoms with Gasteiger partial charge in [-0.15, -0.1) is 0 Å². The van der Waals surface area contributed by atoms with Gasteiger partial charge in [-0.3, -0.25) is 10.1 Å². The van der Waals surface area contributed by atoms with Gasteiger partial charge in [-0.25, -0.2) is 12.7 Å². The molecule has 0 radical (unpaired) electrons. The van der Waals surface area contributed by atoms with Crippen molar-refractivity contribution in [2.24, 2.45) is 0 Å². The molecule has 0 fully saturated rings. The summed E-state index contributed by atoms with van der Waals surface area (Å²) in [6, 6.07) is 3.92. The summed E-state index contributed by atoms with van der Waals surface area (Å²) in [4.78, 5) is 10.0. The van der Waals surface area contributed by atoms with Crippen molar-refractivity contribution in [1.29, 1.82) is 0 Å². The third-order valence-corrected chi connectivity index (χ3v) is 3.83. The molecule has 0 aliphatic carbocycles. The predicted molar refractivity (Wildman–Crippen MR) is 64.4 cm³/mol. The first-order valence-corrected chi connectivity index (χ1v) is 6.78. The van der Waals surface area contributed by atoms with Crippen molar-refractivity contribution < 1.29 is 13.3 Å². The number of benzene rings is 1. The van der Waals surface area contributed by atoms with Gasteiger partial charge in [-0.05, 0) is 11.6 Å². The standard InChI is InChI=1S/C9H11ClN2O4S/c1-11(17(2,15)16)6-7-5-8(12(13)14)3-4-9(7)10/h3-5H,6H2,1-2H3. The van der Waals surface area contributed by atoms with Crippen LogP contribution in [0.5, 0.6) is 0 Å². The zero-order valence-electron chi connectivity index (χ0n) is 9.25. The summed E-state index contributed by atoms with van der Waals surface area (Å²) in [7, 11) is -1.97. The van der Waals surface area contributed by atoms with E-state index < -0.39 is 14.9 Å². The Morgan fingerprint density at radius 2 is 2.06 bits per heavy atom. The first-order chi connectivity index (χ1) is 7.71. The lowest BCUT2D eigenvalue weighted by atomic mass is 10.2. The summed E-state index contributed by atoms with van der Waals surface area (Å²) >= 11 is 5.85. The molecule has 0 bridgehead atoms. The van der Waals surface area contributed by atoms with Crippen LogP contribution in [0.4, 0.5) is 5.69 Å². The molecule has 0 aromatic heterocycles. The van der Waals surface area contributed by atoms with Gasteiger partial charge >= 0.3 is 0 Å². The number of sulfonamides is 1. The van der Waals surface area contributed by atoms with Crippen molar-refractivity contribution in [3.05, 3.63) is 38.9 Å². The van der Waals surface area contributed by atoms with Crippen molar-refractivity contribution in [2.75, 3.05) is 13.3 Å². The summed E-state index contributed by atoms with van der Waals surface area (Å²) in [6.45, 7) is -0.000648. The largest absolute Gasteiger partial charge is 0.269 e. The minimum absolute atomic E-state index is 0.000648. The number of nitro groups is 1. The van der Waals surface area contributed by atoms with Gasteiger partial charge < -0.3 is 0 Å². The van der Waals surface area contributed by atoms with Gasteiger partial charge in [0.05, 0.1) is 11.2 Å². The van der Waals surface area contributed by atoms with E-state index in [1.165, 1.54) is 25.2 Å². The molecule has 0 amide bonds. The smallest absolute Gasteiger partial charge is 0.258 e. The van der Waals surface area contributed by atoms with Gasteiger partial charge in [-0.2, -0.15) is 0 Å². The van der Waals surface area contributed by atoms with Crippen LogP contribution in [0.15, 0.2) is 18.2 Å². The number of hydrogen-bond acceptors (Lipinski definition) is 4. The van der Waals surface area contributed by atoms with Crippen LogP contribution in [-0.4, -0.2) is 30.9 Å². The van der Waals surface area contributed by atoms with E-state index in [1.54, 1.807) is 0 Å². The Balaban J connectivity index is 3.06. The lowest BCUT2D eigenvalue weighted by Crippen LogP contribution is -2.25. The van der Waals surface area contributed by atoms with Crippen LogP contribution in [-0.2, 0) is 16.6 Å². The van der Waals surface area contributed by atoms with Crippen LogP contribution in [0, 0.1) is 10.1 Å². The summed E-state index contributed by atoms with van der Waals surface area (Å²) in [5.74, 6) is 0. The highest BCUT2D eigenvalue weighted by Crippen LogP contribution is 2.23. The van der Waals surface area contributed by atoms with Crippen LogP contribution < -0.4 is 0 Å². The van der Waals surface area contributed by atoms with E-state index in [2.05, 4.69) is 0 Å². The molecule has 94 valence electrons. The molecule has 0 saturated carbocycles. The Morgan fingerprint density at radius 1 is 1.47 bits per heavy atom. The molecule has 1 aromatic carbocycles. The number of nitrogens with zero attached hydrogens (tertiary/aromatic N) is 2. The molecule has 1 aromatic rings. The number of hydrogen-bond donors (Lipinski definition) is 0. The van der Waals surface area contributed by atoms with Crippen LogP contribution in [0.2, 0.25) is 5.02 Å². The van der Waals surface area contributed by atoms with Crippen LogP contribution in [0.3, 0.4) is 0 Å². The third kappa shape index (κ3) is 3.65. The first kappa shape index (κ1) is 13.9. The number of rotatable bonds is 4. The zero-order chi connectivity index (χ0) is 13.2. The van der Waals surface area contributed by atoms with Gasteiger partial charge in [0, 0.05) is 30.7 Å². The van der Waals surface area contributed by atoms with E-state index in [1.807, 2.05) is 0 Å². The molecule has 0 aliphatic heterocycles. The number of halogens is 1. The van der Waals surface area contributed by atoms with E-state index in [4.69, 9.17) is 11.6 Å². The average molecular weight is 279 g/mol. The maximum atomic E-state index is 11.2. The molecule has 6 nitrogen and oxygen atoms in total. The second-order valence-corrected chi connectivity index (χ2v) is 6.05. The van der Waals surface area contributed by atoms with Gasteiger partial charge in [0.15, 0.2) is 0 Å². The highest BCUT2D eigenvalue weighted by Gasteiger charge is 2.15. The fourth-order valence-electron chi connectivity index (χ4n) is 1.15. The van der Waals surface area contributed by atoms with E-state index in [0.29, 0.717) is 10.6 Å². The van der Waals surface area contributed by atoms with Crippen molar-refractivity contribution in [3.8, 4) is 0 Å². The quantitative estimate of drug-likeness (QED) is 0.619. The lowest BCUT2D eigenvalue weighted by Gasteiger charge is -2.14. The van der Waals surface area contributed by atoms with E-state index in [-0.39, 0.29) is 12.2 Å². The molecule has 0 saturated heterocycles. The zero-order valence-corrected chi connectivity index (χ0v) is 10.8. The summed E-state index contributed by atoms with van der Waals surface area (Å²) < 4.78 is 23.5. The fourth-order valence-corrected chi connectivity index (χ4v) is 1.70. The topological polar surface area (TPSA) is 80.5 Å². The SMILES string of the molecule is CN(Cc1cc([N+](=O)[O-])ccc1Cl)S(C)(=O)=O. The monoisotopic (exact) mass is 278 g/mol. The molecular formula is C9H11ClN2O4S.